The lowest BCUT2D eigenvalue weighted by Gasteiger charge is -2.34. The molecule has 3 rings (SSSR count). The maximum absolute atomic E-state index is 12.5. The van der Waals surface area contributed by atoms with Crippen molar-refractivity contribution >= 4 is 23.2 Å². The zero-order valence-corrected chi connectivity index (χ0v) is 11.7. The number of likely N-dealkylation sites (tertiary alicyclic amines) is 1. The van der Waals surface area contributed by atoms with Crippen LogP contribution in [0.5, 0.6) is 0 Å². The van der Waals surface area contributed by atoms with E-state index in [1.165, 1.54) is 11.3 Å². The Balaban J connectivity index is 1.89. The van der Waals surface area contributed by atoms with Gasteiger partial charge in [0.15, 0.2) is 0 Å². The van der Waals surface area contributed by atoms with Crippen LogP contribution in [0.15, 0.2) is 23.2 Å². The number of thiazole rings is 1. The lowest BCUT2D eigenvalue weighted by Crippen LogP contribution is -2.39. The third kappa shape index (κ3) is 2.49. The van der Waals surface area contributed by atoms with E-state index in [0.717, 1.165) is 31.5 Å². The standard InChI is InChI=1S/C13H15N5OS/c14-13-15-5-4-9(17-13)11-3-1-2-6-18(11)12(19)10-7-20-8-16-10/h4-5,7-8,11H,1-3,6H2,(H2,14,15,17). The van der Waals surface area contributed by atoms with Crippen LogP contribution in [-0.4, -0.2) is 32.3 Å². The molecule has 2 aromatic heterocycles. The molecule has 0 aromatic carbocycles. The van der Waals surface area contributed by atoms with E-state index in [-0.39, 0.29) is 17.9 Å². The normalized spacial score (nSPS) is 19.0. The number of aromatic nitrogens is 3. The molecule has 1 fully saturated rings. The highest BCUT2D eigenvalue weighted by Gasteiger charge is 2.30. The van der Waals surface area contributed by atoms with Crippen molar-refractivity contribution in [2.45, 2.75) is 25.3 Å². The van der Waals surface area contributed by atoms with E-state index < -0.39 is 0 Å². The first-order valence-electron chi connectivity index (χ1n) is 6.53. The Morgan fingerprint density at radius 2 is 2.30 bits per heavy atom. The Morgan fingerprint density at radius 1 is 1.40 bits per heavy atom. The number of carbonyl (C=O) groups excluding carboxylic acids is 1. The average Bonchev–Trinajstić information content (AvgIpc) is 3.01. The third-order valence-corrected chi connectivity index (χ3v) is 4.04. The quantitative estimate of drug-likeness (QED) is 0.912. The monoisotopic (exact) mass is 289 g/mol. The first-order chi connectivity index (χ1) is 9.75. The van der Waals surface area contributed by atoms with Gasteiger partial charge in [-0.15, -0.1) is 11.3 Å². The highest BCUT2D eigenvalue weighted by atomic mass is 32.1. The Morgan fingerprint density at radius 3 is 3.05 bits per heavy atom. The Hall–Kier alpha value is -2.02. The second-order valence-electron chi connectivity index (χ2n) is 4.72. The van der Waals surface area contributed by atoms with Crippen LogP contribution in [0.4, 0.5) is 5.95 Å². The van der Waals surface area contributed by atoms with Crippen LogP contribution in [0.3, 0.4) is 0 Å². The van der Waals surface area contributed by atoms with Crippen LogP contribution in [0.1, 0.15) is 41.5 Å². The molecule has 1 aliphatic heterocycles. The van der Waals surface area contributed by atoms with E-state index in [1.54, 1.807) is 17.1 Å². The van der Waals surface area contributed by atoms with Gasteiger partial charge in [0.2, 0.25) is 5.95 Å². The van der Waals surface area contributed by atoms with E-state index in [1.807, 2.05) is 11.0 Å². The summed E-state index contributed by atoms with van der Waals surface area (Å²) in [5, 5.41) is 1.78. The molecule has 1 unspecified atom stereocenters. The molecule has 6 nitrogen and oxygen atoms in total. The molecule has 7 heteroatoms. The number of nitrogens with zero attached hydrogens (tertiary/aromatic N) is 4. The number of nitrogen functional groups attached to an aromatic ring is 1. The molecule has 104 valence electrons. The number of hydrogen-bond acceptors (Lipinski definition) is 6. The molecule has 0 aliphatic carbocycles. The van der Waals surface area contributed by atoms with Gasteiger partial charge in [0.05, 0.1) is 17.2 Å². The van der Waals surface area contributed by atoms with Crippen LogP contribution < -0.4 is 5.73 Å². The Kier molecular flexibility index (Phi) is 3.60. The number of hydrogen-bond donors (Lipinski definition) is 1. The van der Waals surface area contributed by atoms with Crippen molar-refractivity contribution < 1.29 is 4.79 Å². The zero-order chi connectivity index (χ0) is 13.9. The second kappa shape index (κ2) is 5.54. The molecule has 0 saturated carbocycles. The fraction of sp³-hybridized carbons (Fsp3) is 0.385. The highest BCUT2D eigenvalue weighted by molar-refractivity contribution is 7.07. The molecule has 2 aromatic rings. The minimum atomic E-state index is -0.0387. The predicted octanol–water partition coefficient (Wildman–Crippen LogP) is 1.88. The molecule has 1 aliphatic rings. The smallest absolute Gasteiger partial charge is 0.273 e. The summed E-state index contributed by atoms with van der Waals surface area (Å²) in [6, 6.07) is 1.79. The van der Waals surface area contributed by atoms with Gasteiger partial charge in [-0.3, -0.25) is 4.79 Å². The molecule has 20 heavy (non-hydrogen) atoms. The Bertz CT molecular complexity index is 601. The number of carbonyl (C=O) groups is 1. The molecule has 3 heterocycles. The number of piperidine rings is 1. The van der Waals surface area contributed by atoms with Gasteiger partial charge in [0, 0.05) is 18.1 Å². The molecule has 0 spiro atoms. The largest absolute Gasteiger partial charge is 0.368 e. The van der Waals surface area contributed by atoms with Crippen LogP contribution in [-0.2, 0) is 0 Å². The van der Waals surface area contributed by atoms with E-state index in [9.17, 15) is 4.79 Å². The Labute approximate surface area is 120 Å². The maximum atomic E-state index is 12.5. The first-order valence-corrected chi connectivity index (χ1v) is 7.47. The van der Waals surface area contributed by atoms with Crippen molar-refractivity contribution in [3.8, 4) is 0 Å². The first kappa shape index (κ1) is 13.0. The molecule has 1 atom stereocenters. The summed E-state index contributed by atoms with van der Waals surface area (Å²) in [5.74, 6) is 0.210. The van der Waals surface area contributed by atoms with Gasteiger partial charge in [-0.25, -0.2) is 15.0 Å². The lowest BCUT2D eigenvalue weighted by atomic mass is 9.98. The van der Waals surface area contributed by atoms with Crippen molar-refractivity contribution in [1.29, 1.82) is 0 Å². The molecule has 0 radical (unpaired) electrons. The number of anilines is 1. The van der Waals surface area contributed by atoms with Gasteiger partial charge in [-0.05, 0) is 25.3 Å². The van der Waals surface area contributed by atoms with Gasteiger partial charge >= 0.3 is 0 Å². The topological polar surface area (TPSA) is 85.0 Å². The summed E-state index contributed by atoms with van der Waals surface area (Å²) < 4.78 is 0. The van der Waals surface area contributed by atoms with Gasteiger partial charge in [-0.2, -0.15) is 0 Å². The van der Waals surface area contributed by atoms with Crippen molar-refractivity contribution in [3.05, 3.63) is 34.5 Å². The van der Waals surface area contributed by atoms with E-state index in [2.05, 4.69) is 15.0 Å². The van der Waals surface area contributed by atoms with Gasteiger partial charge in [-0.1, -0.05) is 0 Å². The number of rotatable bonds is 2. The SMILES string of the molecule is Nc1nccc(C2CCCCN2C(=O)c2cscn2)n1. The van der Waals surface area contributed by atoms with Crippen molar-refractivity contribution in [3.63, 3.8) is 0 Å². The lowest BCUT2D eigenvalue weighted by molar-refractivity contribution is 0.0601. The van der Waals surface area contributed by atoms with Gasteiger partial charge < -0.3 is 10.6 Å². The highest BCUT2D eigenvalue weighted by Crippen LogP contribution is 2.31. The molecule has 2 N–H and O–H groups in total. The van der Waals surface area contributed by atoms with Crippen LogP contribution in [0, 0.1) is 0 Å². The number of nitrogens with two attached hydrogens (primary N) is 1. The van der Waals surface area contributed by atoms with Crippen LogP contribution in [0.25, 0.3) is 0 Å². The summed E-state index contributed by atoms with van der Waals surface area (Å²) in [6.45, 7) is 0.727. The summed E-state index contributed by atoms with van der Waals surface area (Å²) in [6.07, 6.45) is 4.62. The van der Waals surface area contributed by atoms with Gasteiger partial charge in [0.1, 0.15) is 5.69 Å². The van der Waals surface area contributed by atoms with Crippen molar-refractivity contribution in [2.75, 3.05) is 12.3 Å². The molecule has 0 bridgehead atoms. The summed E-state index contributed by atoms with van der Waals surface area (Å²) >= 11 is 1.43. The molecular formula is C13H15N5OS. The summed E-state index contributed by atoms with van der Waals surface area (Å²) in [7, 11) is 0. The fourth-order valence-electron chi connectivity index (χ4n) is 2.52. The summed E-state index contributed by atoms with van der Waals surface area (Å²) in [5.41, 5.74) is 8.63. The van der Waals surface area contributed by atoms with Crippen LogP contribution in [0.2, 0.25) is 0 Å². The van der Waals surface area contributed by atoms with Crippen molar-refractivity contribution in [1.82, 2.24) is 19.9 Å². The predicted molar refractivity (Wildman–Crippen MR) is 76.2 cm³/mol. The summed E-state index contributed by atoms with van der Waals surface area (Å²) in [4.78, 5) is 26.7. The zero-order valence-electron chi connectivity index (χ0n) is 10.9. The van der Waals surface area contributed by atoms with E-state index >= 15 is 0 Å². The average molecular weight is 289 g/mol. The van der Waals surface area contributed by atoms with Crippen molar-refractivity contribution in [2.24, 2.45) is 0 Å². The van der Waals surface area contributed by atoms with E-state index in [0.29, 0.717) is 5.69 Å². The second-order valence-corrected chi connectivity index (χ2v) is 5.44. The van der Waals surface area contributed by atoms with E-state index in [4.69, 9.17) is 5.73 Å². The third-order valence-electron chi connectivity index (χ3n) is 3.45. The van der Waals surface area contributed by atoms with Gasteiger partial charge in [0.25, 0.3) is 5.91 Å². The number of amides is 1. The van der Waals surface area contributed by atoms with Crippen LogP contribution >= 0.6 is 11.3 Å². The molecular weight excluding hydrogens is 274 g/mol. The molecule has 1 saturated heterocycles. The minimum absolute atomic E-state index is 0.0341. The molecule has 1 amide bonds. The fourth-order valence-corrected chi connectivity index (χ4v) is 3.05. The maximum Gasteiger partial charge on any atom is 0.273 e. The minimum Gasteiger partial charge on any atom is -0.368 e.